The molecule has 0 unspecified atom stereocenters. The van der Waals surface area contributed by atoms with E-state index in [1.165, 1.54) is 0 Å². The molecule has 1 aromatic heterocycles. The summed E-state index contributed by atoms with van der Waals surface area (Å²) < 4.78 is 5.71. The molecule has 5 heteroatoms. The molecule has 1 fully saturated rings. The van der Waals surface area contributed by atoms with Crippen LogP contribution in [-0.4, -0.2) is 30.5 Å². The molecule has 1 aliphatic heterocycles. The van der Waals surface area contributed by atoms with E-state index in [2.05, 4.69) is 10.3 Å². The first-order valence-electron chi connectivity index (χ1n) is 6.64. The van der Waals surface area contributed by atoms with Crippen molar-refractivity contribution in [1.82, 2.24) is 10.3 Å². The fraction of sp³-hybridized carbons (Fsp3) is 0.333. The number of morpholine rings is 1. The van der Waals surface area contributed by atoms with Gasteiger partial charge in [-0.15, -0.1) is 11.3 Å². The van der Waals surface area contributed by atoms with E-state index in [1.807, 2.05) is 29.6 Å². The van der Waals surface area contributed by atoms with E-state index < -0.39 is 0 Å². The predicted octanol–water partition coefficient (Wildman–Crippen LogP) is 2.67. The number of carbonyl (C=O) groups is 1. The molecule has 1 N–H and O–H groups in total. The van der Waals surface area contributed by atoms with Crippen molar-refractivity contribution in [1.29, 1.82) is 0 Å². The predicted molar refractivity (Wildman–Crippen MR) is 79.1 cm³/mol. The molecule has 3 rings (SSSR count). The van der Waals surface area contributed by atoms with Crippen LogP contribution >= 0.6 is 11.3 Å². The summed E-state index contributed by atoms with van der Waals surface area (Å²) in [6.07, 6.45) is 0.0204. The van der Waals surface area contributed by atoms with Gasteiger partial charge in [-0.25, -0.2) is 4.98 Å². The van der Waals surface area contributed by atoms with Crippen LogP contribution in [0.15, 0.2) is 29.6 Å². The number of hydrogen-bond donors (Lipinski definition) is 1. The summed E-state index contributed by atoms with van der Waals surface area (Å²) in [6.45, 7) is 3.98. The molecule has 4 nitrogen and oxygen atoms in total. The first kappa shape index (κ1) is 13.4. The highest BCUT2D eigenvalue weighted by molar-refractivity contribution is 7.10. The van der Waals surface area contributed by atoms with Crippen LogP contribution in [0.3, 0.4) is 0 Å². The Balaban J connectivity index is 1.92. The van der Waals surface area contributed by atoms with Crippen molar-refractivity contribution in [2.75, 3.05) is 19.7 Å². The summed E-state index contributed by atoms with van der Waals surface area (Å²) in [7, 11) is 0. The van der Waals surface area contributed by atoms with Gasteiger partial charge in [0.25, 0.3) is 0 Å². The Morgan fingerprint density at radius 1 is 1.45 bits per heavy atom. The summed E-state index contributed by atoms with van der Waals surface area (Å²) in [5, 5.41) is 6.26. The molecule has 2 aromatic rings. The fourth-order valence-electron chi connectivity index (χ4n) is 2.30. The minimum absolute atomic E-state index is 0.0204. The third-order valence-corrected chi connectivity index (χ3v) is 4.24. The van der Waals surface area contributed by atoms with E-state index in [9.17, 15) is 4.79 Å². The van der Waals surface area contributed by atoms with Gasteiger partial charge in [0.1, 0.15) is 11.1 Å². The molecule has 0 aliphatic carbocycles. The Kier molecular flexibility index (Phi) is 3.91. The van der Waals surface area contributed by atoms with Crippen LogP contribution in [0.25, 0.3) is 11.3 Å². The highest BCUT2D eigenvalue weighted by Crippen LogP contribution is 2.29. The van der Waals surface area contributed by atoms with Gasteiger partial charge in [0.15, 0.2) is 5.78 Å². The number of benzene rings is 1. The number of nitrogens with zero attached hydrogens (tertiary/aromatic N) is 1. The van der Waals surface area contributed by atoms with Gasteiger partial charge in [-0.3, -0.25) is 4.79 Å². The molecule has 20 heavy (non-hydrogen) atoms. The smallest absolute Gasteiger partial charge is 0.160 e. The van der Waals surface area contributed by atoms with Crippen molar-refractivity contribution >= 4 is 17.1 Å². The van der Waals surface area contributed by atoms with Crippen molar-refractivity contribution in [2.24, 2.45) is 0 Å². The number of aromatic nitrogens is 1. The van der Waals surface area contributed by atoms with Gasteiger partial charge in [0.2, 0.25) is 0 Å². The van der Waals surface area contributed by atoms with Gasteiger partial charge in [-0.05, 0) is 6.92 Å². The molecule has 1 aromatic carbocycles. The highest BCUT2D eigenvalue weighted by atomic mass is 32.1. The van der Waals surface area contributed by atoms with Crippen molar-refractivity contribution in [3.63, 3.8) is 0 Å². The lowest BCUT2D eigenvalue weighted by atomic mass is 10.0. The van der Waals surface area contributed by atoms with Gasteiger partial charge in [0.05, 0.1) is 12.3 Å². The van der Waals surface area contributed by atoms with E-state index in [0.29, 0.717) is 12.2 Å². The van der Waals surface area contributed by atoms with Crippen LogP contribution < -0.4 is 5.32 Å². The van der Waals surface area contributed by atoms with Crippen molar-refractivity contribution in [3.05, 3.63) is 40.2 Å². The molecule has 104 valence electrons. The Bertz CT molecular complexity index is 618. The lowest BCUT2D eigenvalue weighted by Crippen LogP contribution is -2.33. The fourth-order valence-corrected chi connectivity index (χ4v) is 3.16. The summed E-state index contributed by atoms with van der Waals surface area (Å²) in [4.78, 5) is 16.3. The van der Waals surface area contributed by atoms with Crippen LogP contribution in [0.2, 0.25) is 0 Å². The van der Waals surface area contributed by atoms with Crippen LogP contribution in [0.5, 0.6) is 0 Å². The molecule has 1 aliphatic rings. The monoisotopic (exact) mass is 288 g/mol. The summed E-state index contributed by atoms with van der Waals surface area (Å²) in [5.41, 5.74) is 2.46. The maximum atomic E-state index is 11.7. The van der Waals surface area contributed by atoms with Crippen molar-refractivity contribution in [2.45, 2.75) is 13.0 Å². The summed E-state index contributed by atoms with van der Waals surface area (Å²) in [6, 6.07) is 7.59. The topological polar surface area (TPSA) is 51.2 Å². The van der Waals surface area contributed by atoms with Crippen LogP contribution in [0.4, 0.5) is 0 Å². The quantitative estimate of drug-likeness (QED) is 0.882. The molecule has 1 atom stereocenters. The van der Waals surface area contributed by atoms with E-state index >= 15 is 0 Å². The highest BCUT2D eigenvalue weighted by Gasteiger charge is 2.20. The lowest BCUT2D eigenvalue weighted by molar-refractivity contribution is 0.0276. The lowest BCUT2D eigenvalue weighted by Gasteiger charge is -2.21. The average molecular weight is 288 g/mol. The minimum atomic E-state index is 0.0204. The minimum Gasteiger partial charge on any atom is -0.368 e. The van der Waals surface area contributed by atoms with Crippen LogP contribution in [0.1, 0.15) is 28.4 Å². The standard InChI is InChI=1S/C15H16N2O2S/c1-10(18)11-4-2-3-5-12(11)13-9-20-15(17-13)14-8-16-6-7-19-14/h2-5,9,14,16H,6-8H2,1H3/t14-/m1/s1. The molecule has 0 saturated carbocycles. The molecule has 1 saturated heterocycles. The van der Waals surface area contributed by atoms with Gasteiger partial charge in [-0.1, -0.05) is 24.3 Å². The number of ketones is 1. The van der Waals surface area contributed by atoms with E-state index in [-0.39, 0.29) is 11.9 Å². The Morgan fingerprint density at radius 2 is 2.30 bits per heavy atom. The van der Waals surface area contributed by atoms with Crippen LogP contribution in [-0.2, 0) is 4.74 Å². The summed E-state index contributed by atoms with van der Waals surface area (Å²) >= 11 is 1.58. The maximum absolute atomic E-state index is 11.7. The number of hydrogen-bond acceptors (Lipinski definition) is 5. The summed E-state index contributed by atoms with van der Waals surface area (Å²) in [5.74, 6) is 0.0609. The number of Topliss-reactive ketones (excluding diaryl/α,β-unsaturated/α-hetero) is 1. The normalized spacial score (nSPS) is 18.9. The molecule has 0 radical (unpaired) electrons. The number of rotatable bonds is 3. The second-order valence-corrected chi connectivity index (χ2v) is 5.63. The number of nitrogens with one attached hydrogen (secondary N) is 1. The Labute approximate surface area is 121 Å². The van der Waals surface area contributed by atoms with E-state index in [1.54, 1.807) is 18.3 Å². The average Bonchev–Trinajstić information content (AvgIpc) is 2.98. The van der Waals surface area contributed by atoms with Gasteiger partial charge in [0, 0.05) is 29.6 Å². The number of ether oxygens (including phenoxy) is 1. The second-order valence-electron chi connectivity index (χ2n) is 4.74. The Morgan fingerprint density at radius 3 is 3.05 bits per heavy atom. The zero-order valence-electron chi connectivity index (χ0n) is 11.3. The van der Waals surface area contributed by atoms with Gasteiger partial charge in [-0.2, -0.15) is 0 Å². The van der Waals surface area contributed by atoms with Crippen molar-refractivity contribution in [3.8, 4) is 11.3 Å². The van der Waals surface area contributed by atoms with Gasteiger partial charge < -0.3 is 10.1 Å². The third-order valence-electron chi connectivity index (χ3n) is 3.31. The van der Waals surface area contributed by atoms with Gasteiger partial charge >= 0.3 is 0 Å². The zero-order valence-corrected chi connectivity index (χ0v) is 12.1. The molecular weight excluding hydrogens is 272 g/mol. The third kappa shape index (κ3) is 2.65. The largest absolute Gasteiger partial charge is 0.368 e. The Hall–Kier alpha value is -1.56. The number of thiazole rings is 1. The van der Waals surface area contributed by atoms with E-state index in [0.717, 1.165) is 29.4 Å². The number of carbonyl (C=O) groups excluding carboxylic acids is 1. The first-order chi connectivity index (χ1) is 9.75. The van der Waals surface area contributed by atoms with Crippen molar-refractivity contribution < 1.29 is 9.53 Å². The molecule has 0 amide bonds. The molecular formula is C15H16N2O2S. The second kappa shape index (κ2) is 5.83. The van der Waals surface area contributed by atoms with E-state index in [4.69, 9.17) is 4.74 Å². The van der Waals surface area contributed by atoms with Crippen LogP contribution in [0, 0.1) is 0 Å². The first-order valence-corrected chi connectivity index (χ1v) is 7.52. The SMILES string of the molecule is CC(=O)c1ccccc1-c1csc([C@H]2CNCCO2)n1. The zero-order chi connectivity index (χ0) is 13.9. The molecule has 0 spiro atoms. The maximum Gasteiger partial charge on any atom is 0.160 e. The molecule has 2 heterocycles. The molecule has 0 bridgehead atoms.